The van der Waals surface area contributed by atoms with Gasteiger partial charge < -0.3 is 10.6 Å². The summed E-state index contributed by atoms with van der Waals surface area (Å²) >= 11 is 0. The Bertz CT molecular complexity index is 464. The Morgan fingerprint density at radius 1 is 1.16 bits per heavy atom. The monoisotopic (exact) mass is 263 g/mol. The molecule has 1 aromatic carbocycles. The molecule has 1 rings (SSSR count). The quantitative estimate of drug-likeness (QED) is 0.779. The number of hydrogen-bond acceptors (Lipinski definition) is 3. The smallest absolute Gasteiger partial charge is 0.321 e. The summed E-state index contributed by atoms with van der Waals surface area (Å²) in [5, 5.41) is 7.59. The minimum Gasteiger partial charge on any atom is -0.376 e. The van der Waals surface area contributed by atoms with Crippen molar-refractivity contribution in [3.63, 3.8) is 0 Å². The van der Waals surface area contributed by atoms with Gasteiger partial charge in [0.15, 0.2) is 0 Å². The van der Waals surface area contributed by atoms with E-state index in [1.54, 1.807) is 0 Å². The lowest BCUT2D eigenvalue weighted by molar-refractivity contribution is -0.118. The van der Waals surface area contributed by atoms with Gasteiger partial charge in [-0.3, -0.25) is 10.1 Å². The summed E-state index contributed by atoms with van der Waals surface area (Å²) in [5.74, 6) is -0.372. The van der Waals surface area contributed by atoms with Crippen LogP contribution in [-0.4, -0.2) is 25.5 Å². The van der Waals surface area contributed by atoms with Crippen LogP contribution in [0.3, 0.4) is 0 Å². The van der Waals surface area contributed by atoms with Crippen molar-refractivity contribution < 1.29 is 9.59 Å². The van der Waals surface area contributed by atoms with Gasteiger partial charge in [0.2, 0.25) is 5.91 Å². The molecule has 5 heteroatoms. The molecule has 0 heterocycles. The van der Waals surface area contributed by atoms with Gasteiger partial charge in [-0.15, -0.1) is 0 Å². The molecule has 0 aliphatic carbocycles. The Hall–Kier alpha value is -2.04. The molecule has 0 unspecified atom stereocenters. The van der Waals surface area contributed by atoms with E-state index in [2.05, 4.69) is 36.7 Å². The summed E-state index contributed by atoms with van der Waals surface area (Å²) in [6.07, 6.45) is 0. The number of anilines is 1. The average Bonchev–Trinajstić information content (AvgIpc) is 2.35. The highest BCUT2D eigenvalue weighted by Crippen LogP contribution is 2.28. The molecule has 0 radical (unpaired) electrons. The van der Waals surface area contributed by atoms with Crippen molar-refractivity contribution in [3.8, 4) is 0 Å². The van der Waals surface area contributed by atoms with Gasteiger partial charge in [0.25, 0.3) is 0 Å². The second-order valence-electron chi connectivity index (χ2n) is 5.28. The highest BCUT2D eigenvalue weighted by atomic mass is 16.2. The molecule has 0 aromatic heterocycles. The Morgan fingerprint density at radius 3 is 2.37 bits per heavy atom. The minimum absolute atomic E-state index is 0.0130. The first-order chi connectivity index (χ1) is 8.84. The van der Waals surface area contributed by atoms with E-state index in [-0.39, 0.29) is 17.9 Å². The first-order valence-corrected chi connectivity index (χ1v) is 6.19. The fraction of sp³-hybridized carbons (Fsp3) is 0.429. The summed E-state index contributed by atoms with van der Waals surface area (Å²) in [5.41, 5.74) is 2.02. The number of benzene rings is 1. The van der Waals surface area contributed by atoms with Crippen LogP contribution in [0, 0.1) is 0 Å². The predicted octanol–water partition coefficient (Wildman–Crippen LogP) is 1.85. The molecule has 0 fully saturated rings. The highest BCUT2D eigenvalue weighted by Gasteiger charge is 2.17. The number of imide groups is 1. The van der Waals surface area contributed by atoms with Crippen LogP contribution in [0.15, 0.2) is 24.3 Å². The minimum atomic E-state index is -0.504. The van der Waals surface area contributed by atoms with Gasteiger partial charge in [-0.25, -0.2) is 4.79 Å². The summed E-state index contributed by atoms with van der Waals surface area (Å²) in [6.45, 7) is 6.38. The molecule has 104 valence electrons. The lowest BCUT2D eigenvalue weighted by atomic mass is 9.86. The molecule has 0 atom stereocenters. The predicted molar refractivity (Wildman–Crippen MR) is 76.2 cm³/mol. The molecule has 0 saturated heterocycles. The molecule has 0 aliphatic heterocycles. The van der Waals surface area contributed by atoms with E-state index in [9.17, 15) is 9.59 Å². The first-order valence-electron chi connectivity index (χ1n) is 6.19. The molecule has 0 aliphatic rings. The van der Waals surface area contributed by atoms with Crippen molar-refractivity contribution in [3.05, 3.63) is 29.8 Å². The van der Waals surface area contributed by atoms with Crippen molar-refractivity contribution in [2.75, 3.05) is 18.9 Å². The Balaban J connectivity index is 2.68. The van der Waals surface area contributed by atoms with Crippen molar-refractivity contribution in [1.29, 1.82) is 0 Å². The van der Waals surface area contributed by atoms with Gasteiger partial charge >= 0.3 is 6.03 Å². The van der Waals surface area contributed by atoms with Crippen molar-refractivity contribution in [2.45, 2.75) is 26.2 Å². The van der Waals surface area contributed by atoms with Gasteiger partial charge in [0, 0.05) is 12.7 Å². The summed E-state index contributed by atoms with van der Waals surface area (Å²) in [4.78, 5) is 22.5. The maximum Gasteiger partial charge on any atom is 0.321 e. The van der Waals surface area contributed by atoms with E-state index in [0.717, 1.165) is 11.3 Å². The standard InChI is InChI=1S/C14H21N3O2/c1-14(2,3)10-7-5-6-8-11(10)16-9-12(18)17-13(19)15-4/h5-8,16H,9H2,1-4H3,(H2,15,17,18,19). The Labute approximate surface area is 113 Å². The van der Waals surface area contributed by atoms with E-state index in [4.69, 9.17) is 0 Å². The zero-order valence-electron chi connectivity index (χ0n) is 11.8. The second kappa shape index (κ2) is 6.22. The van der Waals surface area contributed by atoms with Crippen LogP contribution >= 0.6 is 0 Å². The van der Waals surface area contributed by atoms with Crippen LogP contribution in [0.2, 0.25) is 0 Å². The molecular formula is C14H21N3O2. The van der Waals surface area contributed by atoms with E-state index in [1.807, 2.05) is 24.3 Å². The third-order valence-corrected chi connectivity index (χ3v) is 2.65. The molecule has 0 spiro atoms. The fourth-order valence-electron chi connectivity index (χ4n) is 1.70. The van der Waals surface area contributed by atoms with E-state index >= 15 is 0 Å². The third-order valence-electron chi connectivity index (χ3n) is 2.65. The van der Waals surface area contributed by atoms with Crippen molar-refractivity contribution in [2.24, 2.45) is 0 Å². The first kappa shape index (κ1) is 15.0. The summed E-state index contributed by atoms with van der Waals surface area (Å²) in [6, 6.07) is 7.33. The van der Waals surface area contributed by atoms with Crippen molar-refractivity contribution >= 4 is 17.6 Å². The maximum atomic E-state index is 11.5. The zero-order valence-corrected chi connectivity index (χ0v) is 11.8. The third kappa shape index (κ3) is 4.62. The fourth-order valence-corrected chi connectivity index (χ4v) is 1.70. The normalized spacial score (nSPS) is 10.7. The summed E-state index contributed by atoms with van der Waals surface area (Å²) < 4.78 is 0. The van der Waals surface area contributed by atoms with Gasteiger partial charge in [-0.2, -0.15) is 0 Å². The SMILES string of the molecule is CNC(=O)NC(=O)CNc1ccccc1C(C)(C)C. The maximum absolute atomic E-state index is 11.5. The number of urea groups is 1. The summed E-state index contributed by atoms with van der Waals surface area (Å²) in [7, 11) is 1.46. The van der Waals surface area contributed by atoms with Gasteiger partial charge in [0.05, 0.1) is 6.54 Å². The molecule has 19 heavy (non-hydrogen) atoms. The molecule has 0 saturated carbocycles. The van der Waals surface area contributed by atoms with E-state index < -0.39 is 6.03 Å². The van der Waals surface area contributed by atoms with Crippen LogP contribution in [0.1, 0.15) is 26.3 Å². The van der Waals surface area contributed by atoms with Crippen LogP contribution < -0.4 is 16.0 Å². The van der Waals surface area contributed by atoms with Gasteiger partial charge in [-0.05, 0) is 17.0 Å². The Morgan fingerprint density at radius 2 is 1.79 bits per heavy atom. The van der Waals surface area contributed by atoms with Gasteiger partial charge in [0.1, 0.15) is 0 Å². The topological polar surface area (TPSA) is 70.2 Å². The molecule has 0 bridgehead atoms. The largest absolute Gasteiger partial charge is 0.376 e. The molecule has 3 N–H and O–H groups in total. The second-order valence-corrected chi connectivity index (χ2v) is 5.28. The lowest BCUT2D eigenvalue weighted by Crippen LogP contribution is -2.40. The number of nitrogens with one attached hydrogen (secondary N) is 3. The Kier molecular flexibility index (Phi) is 4.92. The van der Waals surface area contributed by atoms with E-state index in [0.29, 0.717) is 0 Å². The number of carbonyl (C=O) groups excluding carboxylic acids is 2. The van der Waals surface area contributed by atoms with Crippen LogP contribution in [0.25, 0.3) is 0 Å². The highest BCUT2D eigenvalue weighted by molar-refractivity contribution is 5.96. The van der Waals surface area contributed by atoms with Crippen LogP contribution in [0.5, 0.6) is 0 Å². The molecule has 3 amide bonds. The van der Waals surface area contributed by atoms with Crippen LogP contribution in [0.4, 0.5) is 10.5 Å². The van der Waals surface area contributed by atoms with Crippen LogP contribution in [-0.2, 0) is 10.2 Å². The molecule has 5 nitrogen and oxygen atoms in total. The number of para-hydroxylation sites is 1. The van der Waals surface area contributed by atoms with Crippen molar-refractivity contribution in [1.82, 2.24) is 10.6 Å². The molecular weight excluding hydrogens is 242 g/mol. The number of rotatable bonds is 3. The number of hydrogen-bond donors (Lipinski definition) is 3. The lowest BCUT2D eigenvalue weighted by Gasteiger charge is -2.23. The molecule has 1 aromatic rings. The average molecular weight is 263 g/mol. The number of amides is 3. The number of carbonyl (C=O) groups is 2. The zero-order chi connectivity index (χ0) is 14.5. The van der Waals surface area contributed by atoms with E-state index in [1.165, 1.54) is 7.05 Å². The van der Waals surface area contributed by atoms with Gasteiger partial charge in [-0.1, -0.05) is 39.0 Å².